The van der Waals surface area contributed by atoms with Crippen molar-refractivity contribution in [3.63, 3.8) is 0 Å². The maximum Gasteiger partial charge on any atom is 0.340 e. The molecule has 1 heterocycles. The van der Waals surface area contributed by atoms with Gasteiger partial charge < -0.3 is 9.64 Å². The fourth-order valence-corrected chi connectivity index (χ4v) is 5.43. The number of halogens is 1. The van der Waals surface area contributed by atoms with Gasteiger partial charge in [0.15, 0.2) is 6.61 Å². The first-order valence-electron chi connectivity index (χ1n) is 10.1. The molecule has 3 rings (SSSR count). The van der Waals surface area contributed by atoms with Crippen molar-refractivity contribution < 1.29 is 22.7 Å². The molecule has 1 aliphatic heterocycles. The summed E-state index contributed by atoms with van der Waals surface area (Å²) in [4.78, 5) is 26.9. The summed E-state index contributed by atoms with van der Waals surface area (Å²) < 4.78 is 32.0. The zero-order valence-electron chi connectivity index (χ0n) is 17.7. The first-order valence-corrected chi connectivity index (χ1v) is 11.9. The highest BCUT2D eigenvalue weighted by Gasteiger charge is 2.31. The van der Waals surface area contributed by atoms with Crippen molar-refractivity contribution in [2.24, 2.45) is 0 Å². The maximum absolute atomic E-state index is 12.7. The van der Waals surface area contributed by atoms with Crippen LogP contribution in [0.25, 0.3) is 0 Å². The number of sulfonamides is 1. The number of amides is 1. The van der Waals surface area contributed by atoms with Gasteiger partial charge in [0.2, 0.25) is 10.0 Å². The molecule has 0 unspecified atom stereocenters. The topological polar surface area (TPSA) is 84.0 Å². The van der Waals surface area contributed by atoms with Crippen molar-refractivity contribution in [3.05, 3.63) is 58.6 Å². The van der Waals surface area contributed by atoms with Gasteiger partial charge in [-0.05, 0) is 43.2 Å². The van der Waals surface area contributed by atoms with Crippen molar-refractivity contribution >= 4 is 39.2 Å². The lowest BCUT2D eigenvalue weighted by Gasteiger charge is -2.22. The van der Waals surface area contributed by atoms with E-state index in [1.807, 2.05) is 31.2 Å². The van der Waals surface area contributed by atoms with E-state index in [-0.39, 0.29) is 27.4 Å². The van der Waals surface area contributed by atoms with Gasteiger partial charge in [0.05, 0.1) is 15.5 Å². The van der Waals surface area contributed by atoms with Crippen LogP contribution in [0, 0.1) is 0 Å². The predicted octanol–water partition coefficient (Wildman–Crippen LogP) is 3.51. The molecule has 7 nitrogen and oxygen atoms in total. The molecule has 1 amide bonds. The van der Waals surface area contributed by atoms with E-state index in [0.717, 1.165) is 17.7 Å². The standard InChI is InChI=1S/C22H25ClN2O5S/c1-4-24(5-2)31(28,29)17-10-11-19(23)18(13-17)22(27)30-14-21(26)25-15(3)12-16-8-6-7-9-20(16)25/h6-11,13,15H,4-5,12,14H2,1-3H3/t15-/m0/s1. The number of ether oxygens (including phenoxy) is 1. The minimum absolute atomic E-state index is 0.0465. The Morgan fingerprint density at radius 1 is 1.16 bits per heavy atom. The zero-order valence-corrected chi connectivity index (χ0v) is 19.2. The third-order valence-electron chi connectivity index (χ3n) is 5.30. The molecular weight excluding hydrogens is 440 g/mol. The number of carbonyl (C=O) groups excluding carboxylic acids is 2. The Kier molecular flexibility index (Phi) is 7.03. The Bertz CT molecular complexity index is 1100. The predicted molar refractivity (Wildman–Crippen MR) is 119 cm³/mol. The molecule has 2 aromatic rings. The lowest BCUT2D eigenvalue weighted by Crippen LogP contribution is -2.38. The summed E-state index contributed by atoms with van der Waals surface area (Å²) in [7, 11) is -3.77. The van der Waals surface area contributed by atoms with Crippen LogP contribution in [0.4, 0.5) is 5.69 Å². The minimum atomic E-state index is -3.77. The van der Waals surface area contributed by atoms with E-state index >= 15 is 0 Å². The Hall–Kier alpha value is -2.42. The maximum atomic E-state index is 12.7. The number of hydrogen-bond donors (Lipinski definition) is 0. The summed E-state index contributed by atoms with van der Waals surface area (Å²) in [5.74, 6) is -1.20. The van der Waals surface area contributed by atoms with E-state index in [1.165, 1.54) is 22.5 Å². The molecule has 0 aromatic heterocycles. The number of esters is 1. The van der Waals surface area contributed by atoms with Gasteiger partial charge in [-0.3, -0.25) is 4.79 Å². The molecule has 0 N–H and O–H groups in total. The van der Waals surface area contributed by atoms with E-state index in [9.17, 15) is 18.0 Å². The smallest absolute Gasteiger partial charge is 0.340 e. The van der Waals surface area contributed by atoms with E-state index in [0.29, 0.717) is 13.1 Å². The molecule has 0 saturated carbocycles. The van der Waals surface area contributed by atoms with E-state index < -0.39 is 22.6 Å². The normalized spacial score (nSPS) is 15.8. The minimum Gasteiger partial charge on any atom is -0.452 e. The number of hydrogen-bond acceptors (Lipinski definition) is 5. The van der Waals surface area contributed by atoms with Crippen LogP contribution in [0.2, 0.25) is 5.02 Å². The van der Waals surface area contributed by atoms with Crippen molar-refractivity contribution in [2.75, 3.05) is 24.6 Å². The third-order valence-corrected chi connectivity index (χ3v) is 7.68. The van der Waals surface area contributed by atoms with Crippen LogP contribution >= 0.6 is 11.6 Å². The molecule has 0 spiro atoms. The zero-order chi connectivity index (χ0) is 22.8. The second kappa shape index (κ2) is 9.38. The Balaban J connectivity index is 1.76. The highest BCUT2D eigenvalue weighted by Crippen LogP contribution is 2.32. The van der Waals surface area contributed by atoms with E-state index in [2.05, 4.69) is 0 Å². The molecule has 0 aliphatic carbocycles. The Labute approximate surface area is 187 Å². The molecule has 0 fully saturated rings. The Morgan fingerprint density at radius 2 is 1.84 bits per heavy atom. The Morgan fingerprint density at radius 3 is 2.52 bits per heavy atom. The van der Waals surface area contributed by atoms with Gasteiger partial charge in [-0.15, -0.1) is 0 Å². The van der Waals surface area contributed by atoms with E-state index in [4.69, 9.17) is 16.3 Å². The van der Waals surface area contributed by atoms with Crippen molar-refractivity contribution in [1.82, 2.24) is 4.31 Å². The third kappa shape index (κ3) is 4.61. The van der Waals surface area contributed by atoms with Gasteiger partial charge in [-0.25, -0.2) is 13.2 Å². The molecule has 0 saturated heterocycles. The molecule has 31 heavy (non-hydrogen) atoms. The molecule has 2 aromatic carbocycles. The summed E-state index contributed by atoms with van der Waals surface area (Å²) in [6.45, 7) is 5.51. The van der Waals surface area contributed by atoms with Crippen LogP contribution in [0.5, 0.6) is 0 Å². The summed E-state index contributed by atoms with van der Waals surface area (Å²) >= 11 is 6.12. The summed E-state index contributed by atoms with van der Waals surface area (Å²) in [5, 5.41) is 0.0517. The van der Waals surface area contributed by atoms with Gasteiger partial charge >= 0.3 is 5.97 Å². The number of para-hydroxylation sites is 1. The average Bonchev–Trinajstić information content (AvgIpc) is 3.08. The monoisotopic (exact) mass is 464 g/mol. The quantitative estimate of drug-likeness (QED) is 0.585. The van der Waals surface area contributed by atoms with E-state index in [1.54, 1.807) is 18.7 Å². The number of anilines is 1. The van der Waals surface area contributed by atoms with Crippen LogP contribution in [-0.2, 0) is 26.0 Å². The molecular formula is C22H25ClN2O5S. The molecule has 166 valence electrons. The lowest BCUT2D eigenvalue weighted by molar-refractivity contribution is -0.122. The van der Waals surface area contributed by atoms with Gasteiger partial charge in [0.25, 0.3) is 5.91 Å². The van der Waals surface area contributed by atoms with Gasteiger partial charge in [-0.1, -0.05) is 43.6 Å². The lowest BCUT2D eigenvalue weighted by atomic mass is 10.1. The number of fused-ring (bicyclic) bond motifs is 1. The summed E-state index contributed by atoms with van der Waals surface area (Å²) in [6.07, 6.45) is 0.729. The van der Waals surface area contributed by atoms with Crippen LogP contribution in [0.3, 0.4) is 0 Å². The largest absolute Gasteiger partial charge is 0.452 e. The van der Waals surface area contributed by atoms with Crippen molar-refractivity contribution in [1.29, 1.82) is 0 Å². The fourth-order valence-electron chi connectivity index (χ4n) is 3.75. The van der Waals surface area contributed by atoms with Crippen LogP contribution in [-0.4, -0.2) is 50.3 Å². The molecule has 1 aliphatic rings. The van der Waals surface area contributed by atoms with Crippen LogP contribution in [0.1, 0.15) is 36.7 Å². The molecule has 0 bridgehead atoms. The van der Waals surface area contributed by atoms with Crippen LogP contribution < -0.4 is 4.90 Å². The summed E-state index contributed by atoms with van der Waals surface area (Å²) in [5.41, 5.74) is 1.77. The second-order valence-corrected chi connectivity index (χ2v) is 9.60. The SMILES string of the molecule is CCN(CC)S(=O)(=O)c1ccc(Cl)c(C(=O)OCC(=O)N2c3ccccc3C[C@@H]2C)c1. The van der Waals surface area contributed by atoms with Crippen molar-refractivity contribution in [3.8, 4) is 0 Å². The first-order chi connectivity index (χ1) is 14.7. The number of nitrogens with zero attached hydrogens (tertiary/aromatic N) is 2. The number of carbonyl (C=O) groups is 2. The fraction of sp³-hybridized carbons (Fsp3) is 0.364. The first kappa shape index (κ1) is 23.2. The second-order valence-electron chi connectivity index (χ2n) is 7.25. The molecule has 0 radical (unpaired) electrons. The highest BCUT2D eigenvalue weighted by atomic mass is 35.5. The van der Waals surface area contributed by atoms with Gasteiger partial charge in [-0.2, -0.15) is 4.31 Å². The number of benzene rings is 2. The number of rotatable bonds is 7. The van der Waals surface area contributed by atoms with Gasteiger partial charge in [0, 0.05) is 24.8 Å². The van der Waals surface area contributed by atoms with Gasteiger partial charge in [0.1, 0.15) is 0 Å². The average molecular weight is 465 g/mol. The molecule has 9 heteroatoms. The summed E-state index contributed by atoms with van der Waals surface area (Å²) in [6, 6.07) is 11.4. The van der Waals surface area contributed by atoms with Crippen LogP contribution in [0.15, 0.2) is 47.4 Å². The molecule has 1 atom stereocenters. The highest BCUT2D eigenvalue weighted by molar-refractivity contribution is 7.89. The van der Waals surface area contributed by atoms with Crippen molar-refractivity contribution in [2.45, 2.75) is 38.1 Å².